The number of carbonyl (C=O) groups is 2. The number of hydrogen-bond donors (Lipinski definition) is 1. The fraction of sp³-hybridized carbons (Fsp3) is 0.636. The molecule has 2 unspecified atom stereocenters. The minimum atomic E-state index is -0.523. The number of nitrogens with zero attached hydrogens (tertiary/aromatic N) is 1. The Morgan fingerprint density at radius 1 is 1.18 bits per heavy atom. The van der Waals surface area contributed by atoms with Crippen molar-refractivity contribution in [2.75, 3.05) is 11.1 Å². The Hall–Kier alpha value is -1.69. The molecule has 3 rings (SSSR count). The summed E-state index contributed by atoms with van der Waals surface area (Å²) in [5.74, 6) is 0.754. The largest absolute Gasteiger partial charge is 0.461 e. The molecule has 0 aromatic heterocycles. The molecule has 1 aliphatic heterocycles. The third-order valence-corrected chi connectivity index (χ3v) is 7.03. The first-order chi connectivity index (χ1) is 13.4. The van der Waals surface area contributed by atoms with Crippen molar-refractivity contribution in [2.24, 2.45) is 5.92 Å². The maximum atomic E-state index is 13.3. The van der Waals surface area contributed by atoms with Crippen LogP contribution >= 0.6 is 11.8 Å². The van der Waals surface area contributed by atoms with Gasteiger partial charge in [-0.25, -0.2) is 9.59 Å². The minimum absolute atomic E-state index is 0.0377. The van der Waals surface area contributed by atoms with Crippen molar-refractivity contribution >= 4 is 29.4 Å². The second-order valence-electron chi connectivity index (χ2n) is 8.28. The smallest absolute Gasteiger partial charge is 0.330 e. The van der Waals surface area contributed by atoms with Crippen LogP contribution in [0, 0.1) is 19.8 Å². The zero-order chi connectivity index (χ0) is 20.3. The Morgan fingerprint density at radius 3 is 2.54 bits per heavy atom. The molecule has 1 aliphatic carbocycles. The maximum Gasteiger partial charge on any atom is 0.330 e. The first-order valence-corrected chi connectivity index (χ1v) is 11.4. The summed E-state index contributed by atoms with van der Waals surface area (Å²) in [5.41, 5.74) is 2.98. The second-order valence-corrected chi connectivity index (χ2v) is 9.43. The van der Waals surface area contributed by atoms with Gasteiger partial charge in [-0.05, 0) is 58.1 Å². The average Bonchev–Trinajstić information content (AvgIpc) is 3.09. The summed E-state index contributed by atoms with van der Waals surface area (Å²) >= 11 is 1.73. The number of ether oxygens (including phenoxy) is 1. The van der Waals surface area contributed by atoms with Crippen molar-refractivity contribution in [2.45, 2.75) is 77.3 Å². The van der Waals surface area contributed by atoms with E-state index < -0.39 is 6.04 Å². The lowest BCUT2D eigenvalue weighted by molar-refractivity contribution is -0.151. The highest BCUT2D eigenvalue weighted by Gasteiger charge is 2.46. The topological polar surface area (TPSA) is 58.6 Å². The van der Waals surface area contributed by atoms with Crippen LogP contribution in [-0.4, -0.2) is 40.2 Å². The molecular weight excluding hydrogens is 372 g/mol. The summed E-state index contributed by atoms with van der Waals surface area (Å²) < 4.78 is 5.47. The fourth-order valence-corrected chi connectivity index (χ4v) is 5.82. The average molecular weight is 405 g/mol. The molecule has 154 valence electrons. The first-order valence-electron chi connectivity index (χ1n) is 10.4. The Morgan fingerprint density at radius 2 is 1.89 bits per heavy atom. The van der Waals surface area contributed by atoms with E-state index in [1.807, 2.05) is 39.8 Å². The van der Waals surface area contributed by atoms with Crippen LogP contribution in [-0.2, 0) is 9.53 Å². The lowest BCUT2D eigenvalue weighted by atomic mass is 9.88. The van der Waals surface area contributed by atoms with Gasteiger partial charge in [0.2, 0.25) is 0 Å². The van der Waals surface area contributed by atoms with Gasteiger partial charge in [-0.15, -0.1) is 11.8 Å². The second kappa shape index (κ2) is 9.21. The number of benzene rings is 1. The Bertz CT molecular complexity index is 716. The molecule has 1 aromatic carbocycles. The molecule has 0 bridgehead atoms. The van der Waals surface area contributed by atoms with Crippen molar-refractivity contribution in [1.82, 2.24) is 4.90 Å². The summed E-state index contributed by atoms with van der Waals surface area (Å²) in [7, 11) is 0. The highest BCUT2D eigenvalue weighted by atomic mass is 32.2. The molecule has 0 radical (unpaired) electrons. The van der Waals surface area contributed by atoms with Crippen LogP contribution in [0.2, 0.25) is 0 Å². The van der Waals surface area contributed by atoms with E-state index in [1.165, 1.54) is 19.3 Å². The Kier molecular flexibility index (Phi) is 6.91. The molecular formula is C22H32N2O3S. The van der Waals surface area contributed by atoms with Gasteiger partial charge in [0, 0.05) is 11.4 Å². The molecule has 1 saturated carbocycles. The first kappa shape index (κ1) is 21.0. The molecule has 1 N–H and O–H groups in total. The van der Waals surface area contributed by atoms with Gasteiger partial charge in [0.1, 0.15) is 6.04 Å². The zero-order valence-electron chi connectivity index (χ0n) is 17.4. The highest BCUT2D eigenvalue weighted by Crippen LogP contribution is 2.41. The van der Waals surface area contributed by atoms with Crippen molar-refractivity contribution in [3.63, 3.8) is 0 Å². The third kappa shape index (κ3) is 4.83. The van der Waals surface area contributed by atoms with E-state index in [0.717, 1.165) is 29.7 Å². The van der Waals surface area contributed by atoms with Gasteiger partial charge in [-0.3, -0.25) is 4.90 Å². The van der Waals surface area contributed by atoms with Gasteiger partial charge in [0.15, 0.2) is 0 Å². The molecule has 2 aliphatic rings. The van der Waals surface area contributed by atoms with Gasteiger partial charge < -0.3 is 10.1 Å². The van der Waals surface area contributed by atoms with Crippen molar-refractivity contribution in [3.05, 3.63) is 29.3 Å². The van der Waals surface area contributed by atoms with Gasteiger partial charge >= 0.3 is 12.0 Å². The molecule has 2 atom stereocenters. The van der Waals surface area contributed by atoms with E-state index in [2.05, 4.69) is 11.4 Å². The van der Waals surface area contributed by atoms with Crippen LogP contribution in [0.1, 0.15) is 57.1 Å². The predicted molar refractivity (Wildman–Crippen MR) is 115 cm³/mol. The molecule has 0 spiro atoms. The van der Waals surface area contributed by atoms with Crippen LogP contribution in [0.15, 0.2) is 18.2 Å². The third-order valence-electron chi connectivity index (χ3n) is 5.57. The molecule has 28 heavy (non-hydrogen) atoms. The van der Waals surface area contributed by atoms with E-state index in [1.54, 1.807) is 16.7 Å². The summed E-state index contributed by atoms with van der Waals surface area (Å²) in [6, 6.07) is 5.26. The van der Waals surface area contributed by atoms with E-state index in [9.17, 15) is 9.59 Å². The lowest BCUT2D eigenvalue weighted by Gasteiger charge is -2.35. The van der Waals surface area contributed by atoms with Crippen LogP contribution in [0.4, 0.5) is 10.5 Å². The van der Waals surface area contributed by atoms with E-state index in [-0.39, 0.29) is 23.5 Å². The van der Waals surface area contributed by atoms with Crippen LogP contribution in [0.25, 0.3) is 0 Å². The predicted octanol–water partition coefficient (Wildman–Crippen LogP) is 5.11. The summed E-state index contributed by atoms with van der Waals surface area (Å²) in [6.07, 6.45) is 5.73. The Balaban J connectivity index is 1.82. The van der Waals surface area contributed by atoms with Gasteiger partial charge in [-0.1, -0.05) is 37.0 Å². The van der Waals surface area contributed by atoms with Gasteiger partial charge in [0.25, 0.3) is 0 Å². The summed E-state index contributed by atoms with van der Waals surface area (Å²) in [5, 5.41) is 3.09. The number of hydrogen-bond acceptors (Lipinski definition) is 4. The number of anilines is 1. The fourth-order valence-electron chi connectivity index (χ4n) is 4.19. The highest BCUT2D eigenvalue weighted by molar-refractivity contribution is 8.00. The Labute approximate surface area is 172 Å². The van der Waals surface area contributed by atoms with Crippen LogP contribution in [0.5, 0.6) is 0 Å². The summed E-state index contributed by atoms with van der Waals surface area (Å²) in [6.45, 7) is 7.72. The number of carbonyl (C=O) groups excluding carboxylic acids is 2. The van der Waals surface area contributed by atoms with Gasteiger partial charge in [0.05, 0.1) is 11.5 Å². The molecule has 5 nitrogen and oxygen atoms in total. The maximum absolute atomic E-state index is 13.3. The van der Waals surface area contributed by atoms with Crippen molar-refractivity contribution < 1.29 is 14.3 Å². The molecule has 1 aromatic rings. The number of aryl methyl sites for hydroxylation is 2. The molecule has 2 fully saturated rings. The van der Waals surface area contributed by atoms with Crippen molar-refractivity contribution in [1.29, 1.82) is 0 Å². The number of amides is 2. The van der Waals surface area contributed by atoms with Crippen molar-refractivity contribution in [3.8, 4) is 0 Å². The molecule has 2 amide bonds. The number of thioether (sulfide) groups is 1. The standard InChI is InChI=1S/C22H32N2O3S/c1-14(2)27-21(25)19-13-28-20(17-8-6-5-7-9-17)24(19)22(26)23-18-11-10-15(3)12-16(18)4/h10-12,14,17,19-20H,5-9,13H2,1-4H3,(H,23,26). The van der Waals surface area contributed by atoms with E-state index in [4.69, 9.17) is 4.74 Å². The van der Waals surface area contributed by atoms with Gasteiger partial charge in [-0.2, -0.15) is 0 Å². The van der Waals surface area contributed by atoms with Crippen LogP contribution < -0.4 is 5.32 Å². The SMILES string of the molecule is Cc1ccc(NC(=O)N2C(C(=O)OC(C)C)CSC2C2CCCCC2)c(C)c1. The number of nitrogens with one attached hydrogen (secondary N) is 1. The lowest BCUT2D eigenvalue weighted by Crippen LogP contribution is -2.50. The molecule has 6 heteroatoms. The number of rotatable bonds is 4. The molecule has 1 heterocycles. The molecule has 1 saturated heterocycles. The monoisotopic (exact) mass is 404 g/mol. The number of urea groups is 1. The quantitative estimate of drug-likeness (QED) is 0.709. The van der Waals surface area contributed by atoms with E-state index in [0.29, 0.717) is 11.7 Å². The summed E-state index contributed by atoms with van der Waals surface area (Å²) in [4.78, 5) is 27.8. The minimum Gasteiger partial charge on any atom is -0.461 e. The zero-order valence-corrected chi connectivity index (χ0v) is 18.2. The normalized spacial score (nSPS) is 23.1. The van der Waals surface area contributed by atoms with E-state index >= 15 is 0 Å². The number of esters is 1. The van der Waals surface area contributed by atoms with Crippen LogP contribution in [0.3, 0.4) is 0 Å².